The Morgan fingerprint density at radius 1 is 1.00 bits per heavy atom. The zero-order chi connectivity index (χ0) is 13.5. The van der Waals surface area contributed by atoms with E-state index in [-0.39, 0.29) is 0 Å². The number of imidazole rings is 1. The van der Waals surface area contributed by atoms with Gasteiger partial charge in [-0.05, 0) is 25.0 Å². The van der Waals surface area contributed by atoms with Crippen LogP contribution in [0.5, 0.6) is 0 Å². The van der Waals surface area contributed by atoms with Crippen LogP contribution in [0.15, 0.2) is 42.7 Å². The van der Waals surface area contributed by atoms with E-state index >= 15 is 0 Å². The van der Waals surface area contributed by atoms with E-state index in [1.54, 1.807) is 0 Å². The highest BCUT2D eigenvalue weighted by molar-refractivity contribution is 5.52. The van der Waals surface area contributed by atoms with E-state index in [1.165, 1.54) is 43.5 Å². The lowest BCUT2D eigenvalue weighted by Crippen LogP contribution is -2.29. The largest absolute Gasteiger partial charge is 0.288 e. The average molecular weight is 257 g/mol. The molecule has 0 fully saturated rings. The van der Waals surface area contributed by atoms with Crippen LogP contribution < -0.4 is 4.57 Å². The van der Waals surface area contributed by atoms with Crippen LogP contribution in [-0.2, 0) is 13.6 Å². The Labute approximate surface area is 116 Å². The summed E-state index contributed by atoms with van der Waals surface area (Å²) in [5.74, 6) is 1.30. The van der Waals surface area contributed by atoms with Crippen LogP contribution in [-0.4, -0.2) is 4.57 Å². The molecule has 0 aliphatic carbocycles. The summed E-state index contributed by atoms with van der Waals surface area (Å²) in [6.45, 7) is 3.38. The van der Waals surface area contributed by atoms with Crippen molar-refractivity contribution >= 4 is 0 Å². The highest BCUT2D eigenvalue weighted by atomic mass is 15.1. The van der Waals surface area contributed by atoms with Gasteiger partial charge in [-0.2, -0.15) is 0 Å². The fourth-order valence-electron chi connectivity index (χ4n) is 2.55. The van der Waals surface area contributed by atoms with Crippen LogP contribution in [0.2, 0.25) is 0 Å². The molecule has 0 aliphatic heterocycles. The summed E-state index contributed by atoms with van der Waals surface area (Å²) >= 11 is 0. The normalized spacial score (nSPS) is 10.8. The molecule has 0 atom stereocenters. The molecular formula is C17H25N2+. The van der Waals surface area contributed by atoms with Gasteiger partial charge in [-0.15, -0.1) is 0 Å². The summed E-state index contributed by atoms with van der Waals surface area (Å²) in [7, 11) is 2.12. The van der Waals surface area contributed by atoms with Crippen molar-refractivity contribution in [2.75, 3.05) is 0 Å². The van der Waals surface area contributed by atoms with E-state index in [4.69, 9.17) is 0 Å². The molecule has 0 saturated carbocycles. The molecule has 0 unspecified atom stereocenters. The van der Waals surface area contributed by atoms with Crippen molar-refractivity contribution in [1.29, 1.82) is 0 Å². The number of benzene rings is 1. The average Bonchev–Trinajstić information content (AvgIpc) is 2.81. The number of rotatable bonds is 7. The molecule has 0 saturated heterocycles. The van der Waals surface area contributed by atoms with Gasteiger partial charge in [-0.3, -0.25) is 0 Å². The second kappa shape index (κ2) is 7.13. The summed E-state index contributed by atoms with van der Waals surface area (Å²) < 4.78 is 4.59. The predicted molar refractivity (Wildman–Crippen MR) is 79.8 cm³/mol. The lowest BCUT2D eigenvalue weighted by molar-refractivity contribution is -0.659. The van der Waals surface area contributed by atoms with Gasteiger partial charge < -0.3 is 0 Å². The Balaban J connectivity index is 2.02. The summed E-state index contributed by atoms with van der Waals surface area (Å²) in [5, 5.41) is 0. The van der Waals surface area contributed by atoms with Crippen molar-refractivity contribution in [3.8, 4) is 11.4 Å². The Kier molecular flexibility index (Phi) is 5.20. The van der Waals surface area contributed by atoms with E-state index in [9.17, 15) is 0 Å². The number of aryl methyl sites for hydroxylation is 2. The molecule has 0 N–H and O–H groups in total. The van der Waals surface area contributed by atoms with E-state index in [0.717, 1.165) is 6.54 Å². The molecule has 1 aromatic carbocycles. The molecule has 1 heterocycles. The second-order valence-electron chi connectivity index (χ2n) is 5.21. The Hall–Kier alpha value is -1.57. The number of unbranched alkanes of at least 4 members (excludes halogenated alkanes) is 4. The molecule has 0 bridgehead atoms. The minimum atomic E-state index is 1.12. The van der Waals surface area contributed by atoms with Gasteiger partial charge in [0.05, 0.1) is 19.2 Å². The van der Waals surface area contributed by atoms with Gasteiger partial charge in [0.1, 0.15) is 12.4 Å². The first kappa shape index (κ1) is 13.9. The van der Waals surface area contributed by atoms with Crippen molar-refractivity contribution in [2.45, 2.75) is 45.6 Å². The zero-order valence-electron chi connectivity index (χ0n) is 12.2. The van der Waals surface area contributed by atoms with Crippen LogP contribution in [0.4, 0.5) is 0 Å². The van der Waals surface area contributed by atoms with Crippen molar-refractivity contribution in [3.63, 3.8) is 0 Å². The van der Waals surface area contributed by atoms with Gasteiger partial charge in [0.2, 0.25) is 0 Å². The van der Waals surface area contributed by atoms with E-state index in [1.807, 2.05) is 0 Å². The minimum absolute atomic E-state index is 1.12. The van der Waals surface area contributed by atoms with E-state index < -0.39 is 0 Å². The minimum Gasteiger partial charge on any atom is -0.233 e. The molecule has 0 radical (unpaired) electrons. The fourth-order valence-corrected chi connectivity index (χ4v) is 2.55. The first-order valence-corrected chi connectivity index (χ1v) is 7.43. The van der Waals surface area contributed by atoms with Crippen molar-refractivity contribution in [3.05, 3.63) is 42.7 Å². The molecule has 0 aliphatic rings. The predicted octanol–water partition coefficient (Wildman–Crippen LogP) is 3.95. The van der Waals surface area contributed by atoms with Crippen LogP contribution in [0.3, 0.4) is 0 Å². The van der Waals surface area contributed by atoms with Crippen LogP contribution >= 0.6 is 0 Å². The second-order valence-corrected chi connectivity index (χ2v) is 5.21. The number of hydrogen-bond donors (Lipinski definition) is 0. The molecule has 2 heteroatoms. The maximum absolute atomic E-state index is 2.38. The molecule has 0 spiro atoms. The first-order valence-electron chi connectivity index (χ1n) is 7.43. The monoisotopic (exact) mass is 257 g/mol. The van der Waals surface area contributed by atoms with E-state index in [0.29, 0.717) is 0 Å². The smallest absolute Gasteiger partial charge is 0.233 e. The SMILES string of the molecule is CCCCCCCn1cc[n+](C)c1-c1ccccc1. The van der Waals surface area contributed by atoms with Crippen molar-refractivity contribution in [1.82, 2.24) is 4.57 Å². The highest BCUT2D eigenvalue weighted by Gasteiger charge is 2.15. The van der Waals surface area contributed by atoms with E-state index in [2.05, 4.69) is 65.8 Å². The fraction of sp³-hybridized carbons (Fsp3) is 0.471. The first-order chi connectivity index (χ1) is 9.33. The van der Waals surface area contributed by atoms with Crippen LogP contribution in [0, 0.1) is 0 Å². The van der Waals surface area contributed by atoms with Gasteiger partial charge in [0, 0.05) is 0 Å². The van der Waals surface area contributed by atoms with Gasteiger partial charge in [-0.1, -0.05) is 44.4 Å². The van der Waals surface area contributed by atoms with Crippen molar-refractivity contribution < 1.29 is 4.57 Å². The molecule has 2 rings (SSSR count). The summed E-state index contributed by atoms with van der Waals surface area (Å²) in [4.78, 5) is 0. The third kappa shape index (κ3) is 3.69. The molecule has 1 aromatic heterocycles. The zero-order valence-corrected chi connectivity index (χ0v) is 12.2. The molecule has 2 aromatic rings. The lowest BCUT2D eigenvalue weighted by atomic mass is 10.1. The van der Waals surface area contributed by atoms with Gasteiger partial charge in [0.25, 0.3) is 5.82 Å². The standard InChI is InChI=1S/C17H25N2/c1-3-4-5-6-10-13-19-15-14-18(2)17(19)16-11-8-7-9-12-16/h7-9,11-12,14-15H,3-6,10,13H2,1-2H3/q+1. The van der Waals surface area contributed by atoms with Gasteiger partial charge in [0.15, 0.2) is 0 Å². The van der Waals surface area contributed by atoms with Crippen LogP contribution in [0.25, 0.3) is 11.4 Å². The highest BCUT2D eigenvalue weighted by Crippen LogP contribution is 2.16. The third-order valence-corrected chi connectivity index (χ3v) is 3.61. The Morgan fingerprint density at radius 3 is 2.47 bits per heavy atom. The van der Waals surface area contributed by atoms with Crippen molar-refractivity contribution in [2.24, 2.45) is 7.05 Å². The van der Waals surface area contributed by atoms with Crippen LogP contribution in [0.1, 0.15) is 39.0 Å². The summed E-state index contributed by atoms with van der Waals surface area (Å²) in [5.41, 5.74) is 1.29. The summed E-state index contributed by atoms with van der Waals surface area (Å²) in [6, 6.07) is 10.6. The maximum atomic E-state index is 2.38. The molecule has 2 nitrogen and oxygen atoms in total. The number of hydrogen-bond acceptors (Lipinski definition) is 0. The molecule has 19 heavy (non-hydrogen) atoms. The molecule has 0 amide bonds. The third-order valence-electron chi connectivity index (χ3n) is 3.61. The summed E-state index contributed by atoms with van der Waals surface area (Å²) in [6.07, 6.45) is 11.0. The quantitative estimate of drug-likeness (QED) is 0.524. The number of nitrogens with zero attached hydrogens (tertiary/aromatic N) is 2. The number of aromatic nitrogens is 2. The lowest BCUT2D eigenvalue weighted by Gasteiger charge is -2.03. The topological polar surface area (TPSA) is 8.81 Å². The van der Waals surface area contributed by atoms with Gasteiger partial charge >= 0.3 is 0 Å². The Bertz CT molecular complexity index is 485. The molecule has 102 valence electrons. The maximum Gasteiger partial charge on any atom is 0.288 e. The molecular weight excluding hydrogens is 232 g/mol. The Morgan fingerprint density at radius 2 is 1.74 bits per heavy atom. The van der Waals surface area contributed by atoms with Gasteiger partial charge in [-0.25, -0.2) is 9.13 Å².